The Morgan fingerprint density at radius 1 is 1.03 bits per heavy atom. The van der Waals surface area contributed by atoms with Crippen molar-refractivity contribution in [2.75, 3.05) is 12.4 Å². The Morgan fingerprint density at radius 2 is 1.63 bits per heavy atom. The molecule has 4 bridgehead atoms. The minimum absolute atomic E-state index is 0.120. The van der Waals surface area contributed by atoms with Crippen molar-refractivity contribution >= 4 is 29.7 Å². The first kappa shape index (κ1) is 21.2. The van der Waals surface area contributed by atoms with Gasteiger partial charge in [-0.15, -0.1) is 11.8 Å². The van der Waals surface area contributed by atoms with Crippen molar-refractivity contribution in [1.82, 2.24) is 10.6 Å². The van der Waals surface area contributed by atoms with Crippen LogP contribution in [0.1, 0.15) is 44.9 Å². The molecule has 4 aliphatic rings. The molecule has 0 heterocycles. The van der Waals surface area contributed by atoms with Crippen LogP contribution in [0.15, 0.2) is 29.2 Å². The van der Waals surface area contributed by atoms with Gasteiger partial charge in [-0.2, -0.15) is 0 Å². The Bertz CT molecular complexity index is 779. The molecule has 0 radical (unpaired) electrons. The van der Waals surface area contributed by atoms with Crippen molar-refractivity contribution in [1.29, 1.82) is 0 Å². The Kier molecular flexibility index (Phi) is 6.32. The van der Waals surface area contributed by atoms with Crippen molar-refractivity contribution in [3.63, 3.8) is 0 Å². The highest BCUT2D eigenvalue weighted by atomic mass is 32.2. The molecule has 0 aromatic heterocycles. The van der Waals surface area contributed by atoms with Gasteiger partial charge in [0.25, 0.3) is 5.91 Å². The average Bonchev–Trinajstić information content (AvgIpc) is 2.66. The van der Waals surface area contributed by atoms with E-state index < -0.39 is 24.5 Å². The first-order chi connectivity index (χ1) is 14.4. The zero-order valence-electron chi connectivity index (χ0n) is 16.8. The van der Waals surface area contributed by atoms with E-state index in [1.807, 2.05) is 0 Å². The molecule has 4 aliphatic carbocycles. The highest BCUT2D eigenvalue weighted by Gasteiger charge is 2.51. The van der Waals surface area contributed by atoms with E-state index in [0.29, 0.717) is 23.5 Å². The number of benzene rings is 1. The Hall–Kier alpha value is -2.09. The highest BCUT2D eigenvalue weighted by Crippen LogP contribution is 2.55. The van der Waals surface area contributed by atoms with Crippen LogP contribution in [0.25, 0.3) is 0 Å². The second kappa shape index (κ2) is 8.96. The molecule has 1 aromatic carbocycles. The van der Waals surface area contributed by atoms with Crippen molar-refractivity contribution in [3.8, 4) is 0 Å². The Morgan fingerprint density at radius 3 is 2.23 bits per heavy atom. The van der Waals surface area contributed by atoms with Crippen molar-refractivity contribution < 1.29 is 23.5 Å². The van der Waals surface area contributed by atoms with E-state index in [2.05, 4.69) is 10.6 Å². The van der Waals surface area contributed by atoms with Crippen molar-refractivity contribution in [2.45, 2.75) is 55.4 Å². The van der Waals surface area contributed by atoms with E-state index in [0.717, 1.165) is 24.2 Å². The maximum Gasteiger partial charge on any atom is 0.321 e. The molecule has 8 heteroatoms. The molecular formula is C22H27FN2O4S. The molecule has 3 amide bonds. The first-order valence-corrected chi connectivity index (χ1v) is 11.5. The number of rotatable bonds is 7. The lowest BCUT2D eigenvalue weighted by Crippen LogP contribution is -2.62. The first-order valence-electron chi connectivity index (χ1n) is 10.6. The van der Waals surface area contributed by atoms with E-state index in [1.54, 1.807) is 12.1 Å². The van der Waals surface area contributed by atoms with Crippen molar-refractivity contribution in [3.05, 3.63) is 30.1 Å². The molecule has 2 N–H and O–H groups in total. The van der Waals surface area contributed by atoms with Crippen LogP contribution in [-0.4, -0.2) is 35.8 Å². The fourth-order valence-electron chi connectivity index (χ4n) is 5.70. The van der Waals surface area contributed by atoms with Crippen LogP contribution in [-0.2, 0) is 14.3 Å². The van der Waals surface area contributed by atoms with Gasteiger partial charge in [-0.25, -0.2) is 9.18 Å². The summed E-state index contributed by atoms with van der Waals surface area (Å²) in [4.78, 5) is 37.0. The monoisotopic (exact) mass is 434 g/mol. The number of esters is 1. The second-order valence-corrected chi connectivity index (χ2v) is 10.1. The van der Waals surface area contributed by atoms with Crippen molar-refractivity contribution in [2.24, 2.45) is 17.8 Å². The Balaban J connectivity index is 1.14. The lowest BCUT2D eigenvalue weighted by molar-refractivity contribution is -0.147. The number of halogens is 1. The molecule has 6 nitrogen and oxygen atoms in total. The van der Waals surface area contributed by atoms with Gasteiger partial charge in [-0.3, -0.25) is 14.9 Å². The van der Waals surface area contributed by atoms with Gasteiger partial charge in [-0.05, 0) is 80.5 Å². The zero-order valence-corrected chi connectivity index (χ0v) is 17.6. The van der Waals surface area contributed by atoms with Crippen LogP contribution in [0.3, 0.4) is 0 Å². The van der Waals surface area contributed by atoms with E-state index in [4.69, 9.17) is 4.74 Å². The maximum absolute atomic E-state index is 12.9. The summed E-state index contributed by atoms with van der Waals surface area (Å²) in [6.07, 6.45) is 6.95. The van der Waals surface area contributed by atoms with E-state index in [-0.39, 0.29) is 17.8 Å². The lowest BCUT2D eigenvalue weighted by atomic mass is 9.53. The van der Waals surface area contributed by atoms with Gasteiger partial charge in [-0.1, -0.05) is 0 Å². The highest BCUT2D eigenvalue weighted by molar-refractivity contribution is 7.99. The van der Waals surface area contributed by atoms with Crippen LogP contribution < -0.4 is 10.6 Å². The molecule has 0 atom stereocenters. The van der Waals surface area contributed by atoms with Crippen LogP contribution in [0.2, 0.25) is 0 Å². The molecule has 1 aromatic rings. The van der Waals surface area contributed by atoms with E-state index in [9.17, 15) is 18.8 Å². The third-order valence-corrected chi connectivity index (χ3v) is 7.44. The average molecular weight is 435 g/mol. The lowest BCUT2D eigenvalue weighted by Gasteiger charge is -2.56. The number of nitrogens with one attached hydrogen (secondary N) is 2. The summed E-state index contributed by atoms with van der Waals surface area (Å²) in [5, 5.41) is 5.35. The standard InChI is InChI=1S/C22H27FN2O4S/c23-17-1-3-18(4-2-17)30-6-5-20(27)29-13-19(26)24-21(28)25-22-10-14-7-15(11-22)9-16(8-14)12-22/h1-4,14-16H,5-13H2,(H2,24,25,26,28). The molecule has 4 fully saturated rings. The molecule has 0 spiro atoms. The number of thioether (sulfide) groups is 1. The second-order valence-electron chi connectivity index (χ2n) is 8.91. The van der Waals surface area contributed by atoms with Gasteiger partial charge in [0.05, 0.1) is 6.42 Å². The number of hydrogen-bond donors (Lipinski definition) is 2. The molecule has 0 saturated heterocycles. The molecule has 0 aliphatic heterocycles. The summed E-state index contributed by atoms with van der Waals surface area (Å²) in [7, 11) is 0. The molecular weight excluding hydrogens is 407 g/mol. The SMILES string of the molecule is O=C(COC(=O)CCSc1ccc(F)cc1)NC(=O)NC12CC3CC(CC(C3)C1)C2. The normalized spacial score (nSPS) is 28.8. The van der Waals surface area contributed by atoms with Gasteiger partial charge in [0, 0.05) is 16.2 Å². The van der Waals surface area contributed by atoms with Gasteiger partial charge < -0.3 is 10.1 Å². The van der Waals surface area contributed by atoms with Crippen LogP contribution in [0, 0.1) is 23.6 Å². The summed E-state index contributed by atoms with van der Waals surface area (Å²) in [6.45, 7) is -0.478. The number of urea groups is 1. The summed E-state index contributed by atoms with van der Waals surface area (Å²) < 4.78 is 17.8. The molecule has 4 saturated carbocycles. The number of carbonyl (C=O) groups is 3. The minimum atomic E-state index is -0.628. The third-order valence-electron chi connectivity index (χ3n) is 6.42. The van der Waals surface area contributed by atoms with Crippen LogP contribution in [0.5, 0.6) is 0 Å². The molecule has 5 rings (SSSR count). The smallest absolute Gasteiger partial charge is 0.321 e. The molecule has 162 valence electrons. The maximum atomic E-state index is 12.9. The fourth-order valence-corrected chi connectivity index (χ4v) is 6.53. The predicted octanol–water partition coefficient (Wildman–Crippen LogP) is 3.65. The summed E-state index contributed by atoms with van der Waals surface area (Å²) >= 11 is 1.40. The van der Waals surface area contributed by atoms with Crippen LogP contribution in [0.4, 0.5) is 9.18 Å². The minimum Gasteiger partial charge on any atom is -0.456 e. The summed E-state index contributed by atoms with van der Waals surface area (Å²) in [5.74, 6) is 1.09. The Labute approximate surface area is 179 Å². The largest absolute Gasteiger partial charge is 0.456 e. The molecule has 30 heavy (non-hydrogen) atoms. The van der Waals surface area contributed by atoms with Gasteiger partial charge >= 0.3 is 12.0 Å². The predicted molar refractivity (Wildman–Crippen MR) is 110 cm³/mol. The quantitative estimate of drug-likeness (QED) is 0.506. The molecule has 0 unspecified atom stereocenters. The van der Waals surface area contributed by atoms with Gasteiger partial charge in [0.15, 0.2) is 6.61 Å². The number of amides is 3. The van der Waals surface area contributed by atoms with E-state index >= 15 is 0 Å². The topological polar surface area (TPSA) is 84.5 Å². The van der Waals surface area contributed by atoms with Crippen LogP contribution >= 0.6 is 11.8 Å². The number of ether oxygens (including phenoxy) is 1. The number of imide groups is 1. The zero-order chi connectivity index (χ0) is 21.1. The number of carbonyl (C=O) groups excluding carboxylic acids is 3. The summed E-state index contributed by atoms with van der Waals surface area (Å²) in [5.41, 5.74) is -0.173. The third kappa shape index (κ3) is 5.33. The fraction of sp³-hybridized carbons (Fsp3) is 0.591. The van der Waals surface area contributed by atoms with E-state index in [1.165, 1.54) is 43.2 Å². The summed E-state index contributed by atoms with van der Waals surface area (Å²) in [6, 6.07) is 5.51. The van der Waals surface area contributed by atoms with Gasteiger partial charge in [0.2, 0.25) is 0 Å². The number of hydrogen-bond acceptors (Lipinski definition) is 5. The van der Waals surface area contributed by atoms with Gasteiger partial charge in [0.1, 0.15) is 5.82 Å².